The second-order valence-corrected chi connectivity index (χ2v) is 5.23. The number of methoxy groups -OCH3 is 1. The number of piperidine rings is 1. The van der Waals surface area contributed by atoms with E-state index in [0.717, 1.165) is 38.6 Å². The van der Waals surface area contributed by atoms with E-state index in [-0.39, 0.29) is 24.0 Å². The van der Waals surface area contributed by atoms with Gasteiger partial charge in [-0.2, -0.15) is 0 Å². The molecule has 102 valence electrons. The summed E-state index contributed by atoms with van der Waals surface area (Å²) >= 11 is 0. The van der Waals surface area contributed by atoms with Crippen molar-refractivity contribution in [2.24, 2.45) is 0 Å². The first-order valence-corrected chi connectivity index (χ1v) is 6.77. The SMILES string of the molecule is COC(=O)C1CCCCN1C(C)C(=O)NC1CC1. The van der Waals surface area contributed by atoms with E-state index in [1.54, 1.807) is 0 Å². The number of ether oxygens (including phenoxy) is 1. The average molecular weight is 254 g/mol. The number of nitrogens with one attached hydrogen (secondary N) is 1. The van der Waals surface area contributed by atoms with Crippen LogP contribution in [0.3, 0.4) is 0 Å². The molecule has 1 aliphatic carbocycles. The van der Waals surface area contributed by atoms with E-state index in [1.165, 1.54) is 7.11 Å². The minimum atomic E-state index is -0.260. The number of amides is 1. The number of carbonyl (C=O) groups excluding carboxylic acids is 2. The summed E-state index contributed by atoms with van der Waals surface area (Å²) in [5.41, 5.74) is 0. The first kappa shape index (κ1) is 13.3. The molecule has 1 amide bonds. The fraction of sp³-hybridized carbons (Fsp3) is 0.846. The molecule has 2 unspecified atom stereocenters. The summed E-state index contributed by atoms with van der Waals surface area (Å²) in [4.78, 5) is 25.8. The molecule has 2 fully saturated rings. The van der Waals surface area contributed by atoms with Crippen LogP contribution >= 0.6 is 0 Å². The second kappa shape index (κ2) is 5.69. The van der Waals surface area contributed by atoms with Gasteiger partial charge in [0.05, 0.1) is 13.2 Å². The molecule has 1 saturated heterocycles. The van der Waals surface area contributed by atoms with E-state index < -0.39 is 0 Å². The largest absolute Gasteiger partial charge is 0.468 e. The number of likely N-dealkylation sites (tertiary alicyclic amines) is 1. The van der Waals surface area contributed by atoms with Crippen molar-refractivity contribution in [2.75, 3.05) is 13.7 Å². The zero-order valence-electron chi connectivity index (χ0n) is 11.1. The van der Waals surface area contributed by atoms with Crippen LogP contribution < -0.4 is 5.32 Å². The Morgan fingerprint density at radius 1 is 1.28 bits per heavy atom. The molecule has 5 heteroatoms. The van der Waals surface area contributed by atoms with Crippen molar-refractivity contribution in [1.29, 1.82) is 0 Å². The summed E-state index contributed by atoms with van der Waals surface area (Å²) in [6, 6.07) is -0.153. The van der Waals surface area contributed by atoms with Crippen LogP contribution in [0, 0.1) is 0 Å². The lowest BCUT2D eigenvalue weighted by atomic mass is 10.00. The minimum absolute atomic E-state index is 0.0355. The van der Waals surface area contributed by atoms with Gasteiger partial charge < -0.3 is 10.1 Å². The lowest BCUT2D eigenvalue weighted by molar-refractivity contribution is -0.150. The van der Waals surface area contributed by atoms with Gasteiger partial charge in [0.15, 0.2) is 0 Å². The van der Waals surface area contributed by atoms with Gasteiger partial charge in [-0.15, -0.1) is 0 Å². The molecule has 0 aromatic carbocycles. The summed E-state index contributed by atoms with van der Waals surface area (Å²) in [5.74, 6) is -0.186. The molecule has 0 aromatic heterocycles. The third-order valence-corrected chi connectivity index (χ3v) is 3.82. The van der Waals surface area contributed by atoms with Crippen molar-refractivity contribution >= 4 is 11.9 Å². The van der Waals surface area contributed by atoms with Crippen molar-refractivity contribution < 1.29 is 14.3 Å². The minimum Gasteiger partial charge on any atom is -0.468 e. The molecule has 5 nitrogen and oxygen atoms in total. The van der Waals surface area contributed by atoms with Crippen LogP contribution in [0.4, 0.5) is 0 Å². The summed E-state index contributed by atoms with van der Waals surface area (Å²) in [7, 11) is 1.41. The molecule has 0 radical (unpaired) electrons. The Labute approximate surface area is 108 Å². The summed E-state index contributed by atoms with van der Waals surface area (Å²) in [5, 5.41) is 3.00. The Balaban J connectivity index is 1.97. The lowest BCUT2D eigenvalue weighted by Gasteiger charge is -2.37. The molecule has 0 aromatic rings. The standard InChI is InChI=1S/C13H22N2O3/c1-9(12(16)14-10-6-7-10)15-8-4-3-5-11(15)13(17)18-2/h9-11H,3-8H2,1-2H3,(H,14,16). The van der Waals surface area contributed by atoms with E-state index in [1.807, 2.05) is 11.8 Å². The van der Waals surface area contributed by atoms with E-state index in [0.29, 0.717) is 6.04 Å². The fourth-order valence-electron chi connectivity index (χ4n) is 2.51. The van der Waals surface area contributed by atoms with Crippen LogP contribution in [0.1, 0.15) is 39.0 Å². The Kier molecular flexibility index (Phi) is 4.22. The quantitative estimate of drug-likeness (QED) is 0.750. The van der Waals surface area contributed by atoms with Gasteiger partial charge in [-0.3, -0.25) is 14.5 Å². The molecule has 1 heterocycles. The van der Waals surface area contributed by atoms with Gasteiger partial charge in [0.1, 0.15) is 6.04 Å². The smallest absolute Gasteiger partial charge is 0.323 e. The third-order valence-electron chi connectivity index (χ3n) is 3.82. The average Bonchev–Trinajstić information content (AvgIpc) is 3.20. The number of hydrogen-bond donors (Lipinski definition) is 1. The molecule has 2 aliphatic rings. The molecule has 0 bridgehead atoms. The molecule has 1 N–H and O–H groups in total. The van der Waals surface area contributed by atoms with Gasteiger partial charge in [0, 0.05) is 6.04 Å². The van der Waals surface area contributed by atoms with Crippen LogP contribution in [-0.4, -0.2) is 48.6 Å². The third kappa shape index (κ3) is 3.02. The van der Waals surface area contributed by atoms with E-state index in [9.17, 15) is 9.59 Å². The first-order valence-electron chi connectivity index (χ1n) is 6.77. The van der Waals surface area contributed by atoms with Crippen molar-refractivity contribution in [1.82, 2.24) is 10.2 Å². The van der Waals surface area contributed by atoms with E-state index in [2.05, 4.69) is 5.32 Å². The van der Waals surface area contributed by atoms with Crippen LogP contribution in [0.2, 0.25) is 0 Å². The molecular formula is C13H22N2O3. The number of rotatable bonds is 4. The summed E-state index contributed by atoms with van der Waals surface area (Å²) in [6.07, 6.45) is 5.01. The highest BCUT2D eigenvalue weighted by Gasteiger charge is 2.36. The van der Waals surface area contributed by atoms with Crippen molar-refractivity contribution in [3.8, 4) is 0 Å². The number of carbonyl (C=O) groups is 2. The van der Waals surface area contributed by atoms with Crippen LogP contribution in [0.25, 0.3) is 0 Å². The topological polar surface area (TPSA) is 58.6 Å². The zero-order valence-corrected chi connectivity index (χ0v) is 11.1. The van der Waals surface area contributed by atoms with E-state index in [4.69, 9.17) is 4.74 Å². The lowest BCUT2D eigenvalue weighted by Crippen LogP contribution is -2.54. The number of nitrogens with zero attached hydrogens (tertiary/aromatic N) is 1. The molecule has 0 spiro atoms. The molecule has 1 aliphatic heterocycles. The molecule has 2 atom stereocenters. The molecule has 18 heavy (non-hydrogen) atoms. The predicted molar refractivity (Wildman–Crippen MR) is 67.0 cm³/mol. The van der Waals surface area contributed by atoms with Crippen molar-refractivity contribution in [3.05, 3.63) is 0 Å². The summed E-state index contributed by atoms with van der Waals surface area (Å²) in [6.45, 7) is 2.66. The van der Waals surface area contributed by atoms with Gasteiger partial charge >= 0.3 is 5.97 Å². The zero-order chi connectivity index (χ0) is 13.1. The van der Waals surface area contributed by atoms with Crippen LogP contribution in [0.5, 0.6) is 0 Å². The first-order chi connectivity index (χ1) is 8.63. The maximum atomic E-state index is 12.0. The van der Waals surface area contributed by atoms with Gasteiger partial charge in [-0.25, -0.2) is 0 Å². The van der Waals surface area contributed by atoms with Crippen LogP contribution in [0.15, 0.2) is 0 Å². The van der Waals surface area contributed by atoms with Crippen molar-refractivity contribution in [2.45, 2.75) is 57.2 Å². The normalized spacial score (nSPS) is 26.4. The maximum Gasteiger partial charge on any atom is 0.323 e. The number of hydrogen-bond acceptors (Lipinski definition) is 4. The molecular weight excluding hydrogens is 232 g/mol. The Morgan fingerprint density at radius 2 is 2.00 bits per heavy atom. The number of esters is 1. The van der Waals surface area contributed by atoms with Gasteiger partial charge in [0.25, 0.3) is 0 Å². The van der Waals surface area contributed by atoms with Crippen LogP contribution in [-0.2, 0) is 14.3 Å². The molecule has 2 rings (SSSR count). The Hall–Kier alpha value is -1.10. The van der Waals surface area contributed by atoms with E-state index >= 15 is 0 Å². The fourth-order valence-corrected chi connectivity index (χ4v) is 2.51. The highest BCUT2D eigenvalue weighted by atomic mass is 16.5. The van der Waals surface area contributed by atoms with Gasteiger partial charge in [0.2, 0.25) is 5.91 Å². The van der Waals surface area contributed by atoms with Gasteiger partial charge in [-0.1, -0.05) is 6.42 Å². The predicted octanol–water partition coefficient (Wildman–Crippen LogP) is 0.681. The second-order valence-electron chi connectivity index (χ2n) is 5.23. The Morgan fingerprint density at radius 3 is 2.61 bits per heavy atom. The van der Waals surface area contributed by atoms with Crippen molar-refractivity contribution in [3.63, 3.8) is 0 Å². The maximum absolute atomic E-state index is 12.0. The highest BCUT2D eigenvalue weighted by molar-refractivity contribution is 5.83. The molecule has 1 saturated carbocycles. The monoisotopic (exact) mass is 254 g/mol. The summed E-state index contributed by atoms with van der Waals surface area (Å²) < 4.78 is 4.83. The van der Waals surface area contributed by atoms with Gasteiger partial charge in [-0.05, 0) is 39.2 Å². The Bertz CT molecular complexity index is 328. The highest BCUT2D eigenvalue weighted by Crippen LogP contribution is 2.23.